The van der Waals surface area contributed by atoms with Gasteiger partial charge in [0.05, 0.1) is 13.2 Å². The maximum atomic E-state index is 11.4. The molecule has 0 saturated heterocycles. The summed E-state index contributed by atoms with van der Waals surface area (Å²) in [5.41, 5.74) is -11.2. The fraction of sp³-hybridized carbons (Fsp3) is 0.500. The van der Waals surface area contributed by atoms with Crippen LogP contribution in [-0.2, 0) is 52.1 Å². The number of carbonyl (C=O) groups excluding carboxylic acids is 1. The first-order valence-electron chi connectivity index (χ1n) is 10.4. The van der Waals surface area contributed by atoms with Crippen molar-refractivity contribution < 1.29 is 66.8 Å². The van der Waals surface area contributed by atoms with E-state index in [0.29, 0.717) is 31.2 Å². The van der Waals surface area contributed by atoms with E-state index in [1.54, 1.807) is 6.92 Å². The van der Waals surface area contributed by atoms with Crippen LogP contribution < -0.4 is 4.57 Å². The average Bonchev–Trinajstić information content (AvgIpc) is 3.21. The number of carbonyl (C=O) groups is 1. The second-order valence-corrected chi connectivity index (χ2v) is 10.8. The van der Waals surface area contributed by atoms with Crippen molar-refractivity contribution in [1.82, 2.24) is 4.57 Å². The molecule has 0 saturated carbocycles. The number of aromatic nitrogens is 2. The van der Waals surface area contributed by atoms with Gasteiger partial charge in [0.15, 0.2) is 20.0 Å². The summed E-state index contributed by atoms with van der Waals surface area (Å²) in [5.74, 6) is 0.234. The molecule has 1 aromatic heterocycles. The first-order valence-corrected chi connectivity index (χ1v) is 13.3. The van der Waals surface area contributed by atoms with E-state index in [0.717, 1.165) is 22.8 Å². The third kappa shape index (κ3) is 13.6. The van der Waals surface area contributed by atoms with E-state index in [1.165, 1.54) is 0 Å². The summed E-state index contributed by atoms with van der Waals surface area (Å²) in [7, 11) is -13.4. The van der Waals surface area contributed by atoms with Gasteiger partial charge in [-0.2, -0.15) is 26.3 Å². The van der Waals surface area contributed by atoms with Crippen LogP contribution in [0.3, 0.4) is 0 Å². The lowest BCUT2D eigenvalue weighted by Crippen LogP contribution is -2.34. The molecule has 0 radical (unpaired) electrons. The van der Waals surface area contributed by atoms with E-state index in [2.05, 4.69) is 19.7 Å². The third-order valence-electron chi connectivity index (χ3n) is 3.93. The highest BCUT2D eigenvalue weighted by atomic mass is 32.3. The van der Waals surface area contributed by atoms with Gasteiger partial charge in [-0.15, -0.1) is 0 Å². The second-order valence-electron chi connectivity index (χ2n) is 7.39. The zero-order valence-electron chi connectivity index (χ0n) is 20.8. The minimum Gasteiger partial charge on any atom is -0.490 e. The molecule has 0 atom stereocenters. The van der Waals surface area contributed by atoms with E-state index in [-0.39, 0.29) is 12.6 Å². The first kappa shape index (κ1) is 36.1. The molecule has 0 fully saturated rings. The van der Waals surface area contributed by atoms with Crippen LogP contribution in [0.2, 0.25) is 0 Å². The van der Waals surface area contributed by atoms with E-state index < -0.39 is 31.1 Å². The molecule has 0 unspecified atom stereocenters. The Kier molecular flexibility index (Phi) is 13.9. The van der Waals surface area contributed by atoms with Crippen molar-refractivity contribution in [3.8, 4) is 0 Å². The van der Waals surface area contributed by atoms with Gasteiger partial charge in [0, 0.05) is 5.57 Å². The van der Waals surface area contributed by atoms with Gasteiger partial charge in [0.2, 0.25) is 6.33 Å². The van der Waals surface area contributed by atoms with Crippen molar-refractivity contribution in [3.05, 3.63) is 59.5 Å². The van der Waals surface area contributed by atoms with E-state index in [4.69, 9.17) is 14.2 Å². The van der Waals surface area contributed by atoms with E-state index in [9.17, 15) is 48.0 Å². The van der Waals surface area contributed by atoms with Gasteiger partial charge in [-0.1, -0.05) is 19.7 Å². The van der Waals surface area contributed by atoms with Crippen LogP contribution in [0.25, 0.3) is 4.13 Å². The molecule has 0 aliphatic heterocycles. The lowest BCUT2D eigenvalue weighted by molar-refractivity contribution is -0.698. The molecule has 0 aliphatic rings. The minimum atomic E-state index is -6.72. The molecule has 0 amide bonds. The highest BCUT2D eigenvalue weighted by molar-refractivity contribution is 8.13. The lowest BCUT2D eigenvalue weighted by Gasteiger charge is -2.22. The number of nitrogens with zero attached hydrogens (tertiary/aromatic N) is 3. The zero-order valence-corrected chi connectivity index (χ0v) is 22.4. The van der Waals surface area contributed by atoms with Gasteiger partial charge in [-0.3, -0.25) is 0 Å². The Labute approximate surface area is 221 Å². The number of esters is 1. The highest BCUT2D eigenvalue weighted by Crippen LogP contribution is 2.36. The molecule has 1 aromatic rings. The largest absolute Gasteiger partial charge is 0.490 e. The topological polar surface area (TPSA) is 136 Å². The van der Waals surface area contributed by atoms with Crippen LogP contribution in [0.15, 0.2) is 55.4 Å². The Balaban J connectivity index is 0.000000830. The summed E-state index contributed by atoms with van der Waals surface area (Å²) in [6, 6.07) is 0. The molecular formula is C20H27F6N3O8S2. The first-order chi connectivity index (χ1) is 17.6. The van der Waals surface area contributed by atoms with Gasteiger partial charge in [0.25, 0.3) is 0 Å². The van der Waals surface area contributed by atoms with Gasteiger partial charge < -0.3 is 18.3 Å². The Morgan fingerprint density at radius 2 is 1.41 bits per heavy atom. The summed E-state index contributed by atoms with van der Waals surface area (Å²) in [5, 5.41) is 0. The van der Waals surface area contributed by atoms with Crippen LogP contribution in [0.1, 0.15) is 13.8 Å². The summed E-state index contributed by atoms with van der Waals surface area (Å²) in [6.45, 7) is 17.7. The van der Waals surface area contributed by atoms with Gasteiger partial charge in [0.1, 0.15) is 44.5 Å². The lowest BCUT2D eigenvalue weighted by atomic mass is 10.3. The van der Waals surface area contributed by atoms with E-state index in [1.807, 2.05) is 34.8 Å². The predicted octanol–water partition coefficient (Wildman–Crippen LogP) is 3.08. The molecule has 19 heteroatoms. The Morgan fingerprint density at radius 1 is 0.872 bits per heavy atom. The fourth-order valence-electron chi connectivity index (χ4n) is 1.90. The molecule has 0 bridgehead atoms. The van der Waals surface area contributed by atoms with E-state index >= 15 is 0 Å². The molecule has 0 aliphatic carbocycles. The predicted molar refractivity (Wildman–Crippen MR) is 124 cm³/mol. The van der Waals surface area contributed by atoms with Crippen LogP contribution >= 0.6 is 0 Å². The average molecular weight is 616 g/mol. The van der Waals surface area contributed by atoms with Crippen LogP contribution in [0.5, 0.6) is 0 Å². The molecule has 0 aromatic carbocycles. The smallest absolute Gasteiger partial charge is 0.480 e. The molecule has 1 heterocycles. The van der Waals surface area contributed by atoms with Gasteiger partial charge in [-0.05, 0) is 19.4 Å². The number of allylic oxidation sites excluding steroid dienone is 1. The van der Waals surface area contributed by atoms with Crippen LogP contribution in [0, 0.1) is 0 Å². The van der Waals surface area contributed by atoms with Crippen molar-refractivity contribution in [3.63, 3.8) is 0 Å². The standard InChI is InChI=1S/C18H27N2O4.C2F6NO4S2/c1-15(2)17(5)23-11-9-20-7-6-19(14-20)8-10-22-12-13-24-18(21)16(3)4;3-1(4,5)14(10,11)9-15(12,13)2(6,7)8/h6-7,14H,1,3,5,8-13H2,2,4H3;/q+1;-1. The van der Waals surface area contributed by atoms with Gasteiger partial charge >= 0.3 is 17.0 Å². The summed E-state index contributed by atoms with van der Waals surface area (Å²) < 4.78 is 129. The number of hydrogen-bond donors (Lipinski definition) is 0. The number of ether oxygens (including phenoxy) is 3. The van der Waals surface area contributed by atoms with Crippen molar-refractivity contribution in [2.45, 2.75) is 38.0 Å². The number of imidazole rings is 1. The molecule has 11 nitrogen and oxygen atoms in total. The summed E-state index contributed by atoms with van der Waals surface area (Å²) in [4.78, 5) is 11.2. The Bertz CT molecular complexity index is 1180. The van der Waals surface area contributed by atoms with Gasteiger partial charge in [-0.25, -0.2) is 30.8 Å². The number of halogens is 6. The molecule has 39 heavy (non-hydrogen) atoms. The maximum absolute atomic E-state index is 11.4. The van der Waals surface area contributed by atoms with Crippen LogP contribution in [-0.4, -0.2) is 64.8 Å². The van der Waals surface area contributed by atoms with Crippen LogP contribution in [0.4, 0.5) is 26.3 Å². The summed E-state index contributed by atoms with van der Waals surface area (Å²) >= 11 is 0. The summed E-state index contributed by atoms with van der Waals surface area (Å²) in [6.07, 6.45) is 5.93. The number of alkyl halides is 6. The number of rotatable bonds is 14. The Hall–Kier alpha value is -2.90. The monoisotopic (exact) mass is 615 g/mol. The van der Waals surface area contributed by atoms with Crippen molar-refractivity contribution in [2.75, 3.05) is 26.4 Å². The molecule has 1 rings (SSSR count). The molecule has 0 N–H and O–H groups in total. The Morgan fingerprint density at radius 3 is 1.87 bits per heavy atom. The maximum Gasteiger partial charge on any atom is 0.480 e. The molecule has 224 valence electrons. The SMILES string of the molecule is C=C(C)C(=C)OCCn1cc[n+](CCOCCOC(=O)C(=C)C)c1.O=S(=O)([N-]S(=O)(=O)C(F)(F)F)C(F)(F)F. The molecular weight excluding hydrogens is 588 g/mol. The van der Waals surface area contributed by atoms with Crippen molar-refractivity contribution >= 4 is 26.0 Å². The second kappa shape index (κ2) is 15.0. The quantitative estimate of drug-likeness (QED) is 0.0593. The minimum absolute atomic E-state index is 0.237. The normalized spacial score (nSPS) is 12.2. The van der Waals surface area contributed by atoms with Crippen molar-refractivity contribution in [1.29, 1.82) is 0 Å². The fourth-order valence-corrected chi connectivity index (χ4v) is 3.61. The number of sulfonamides is 2. The highest BCUT2D eigenvalue weighted by Gasteiger charge is 2.46. The third-order valence-corrected chi connectivity index (χ3v) is 6.67. The van der Waals surface area contributed by atoms with Crippen molar-refractivity contribution in [2.24, 2.45) is 0 Å². The number of hydrogen-bond acceptors (Lipinski definition) is 8. The molecule has 0 spiro atoms. The zero-order chi connectivity index (χ0) is 30.7.